The average molecular weight is 347 g/mol. The number of anilines is 3. The second kappa shape index (κ2) is 6.67. The van der Waals surface area contributed by atoms with Crippen LogP contribution in [-0.4, -0.2) is 31.5 Å². The Morgan fingerprint density at radius 1 is 1.08 bits per heavy atom. The Morgan fingerprint density at radius 3 is 2.69 bits per heavy atom. The summed E-state index contributed by atoms with van der Waals surface area (Å²) in [6.45, 7) is 6.88. The predicted molar refractivity (Wildman–Crippen MR) is 100 cm³/mol. The van der Waals surface area contributed by atoms with Crippen LogP contribution in [0.2, 0.25) is 0 Å². The van der Waals surface area contributed by atoms with Crippen molar-refractivity contribution in [2.75, 3.05) is 16.8 Å². The molecule has 0 aliphatic carbocycles. The van der Waals surface area contributed by atoms with Crippen LogP contribution in [0.5, 0.6) is 0 Å². The van der Waals surface area contributed by atoms with Crippen LogP contribution in [0.4, 0.5) is 17.5 Å². The van der Waals surface area contributed by atoms with E-state index in [9.17, 15) is 0 Å². The second-order valence-corrected chi connectivity index (χ2v) is 6.53. The van der Waals surface area contributed by atoms with Gasteiger partial charge in [-0.15, -0.1) is 0 Å². The molecule has 1 atom stereocenters. The number of nitrogens with zero attached hydrogens (tertiary/aromatic N) is 6. The van der Waals surface area contributed by atoms with Crippen molar-refractivity contribution < 1.29 is 0 Å². The Balaban J connectivity index is 1.61. The fraction of sp³-hybridized carbons (Fsp3) is 0.316. The Bertz CT molecular complexity index is 941. The van der Waals surface area contributed by atoms with Crippen LogP contribution in [0.25, 0.3) is 0 Å². The molecule has 0 bridgehead atoms. The largest absolute Gasteiger partial charge is 0.348 e. The second-order valence-electron chi connectivity index (χ2n) is 6.53. The fourth-order valence-electron chi connectivity index (χ4n) is 3.13. The maximum atomic E-state index is 4.66. The van der Waals surface area contributed by atoms with Gasteiger partial charge in [0.25, 0.3) is 0 Å². The van der Waals surface area contributed by atoms with Crippen molar-refractivity contribution in [3.8, 4) is 0 Å². The van der Waals surface area contributed by atoms with Gasteiger partial charge in [-0.1, -0.05) is 6.07 Å². The van der Waals surface area contributed by atoms with Gasteiger partial charge in [0.2, 0.25) is 0 Å². The third kappa shape index (κ3) is 3.20. The third-order valence-corrected chi connectivity index (χ3v) is 4.56. The lowest BCUT2D eigenvalue weighted by molar-refractivity contribution is 0.449. The van der Waals surface area contributed by atoms with E-state index in [1.165, 1.54) is 0 Å². The quantitative estimate of drug-likeness (QED) is 0.776. The maximum Gasteiger partial charge on any atom is 0.135 e. The SMILES string of the molecule is Cc1cc(N2CCC2c2cc(Nc3ncccc3C)nc(C)n2)ncn1. The van der Waals surface area contributed by atoms with Crippen LogP contribution >= 0.6 is 0 Å². The van der Waals surface area contributed by atoms with Crippen LogP contribution in [0.3, 0.4) is 0 Å². The zero-order valence-corrected chi connectivity index (χ0v) is 15.1. The molecule has 7 heteroatoms. The Morgan fingerprint density at radius 2 is 1.96 bits per heavy atom. The first-order valence-corrected chi connectivity index (χ1v) is 8.69. The van der Waals surface area contributed by atoms with Gasteiger partial charge >= 0.3 is 0 Å². The minimum atomic E-state index is 0.205. The summed E-state index contributed by atoms with van der Waals surface area (Å²) in [5.74, 6) is 3.26. The minimum absolute atomic E-state index is 0.205. The van der Waals surface area contributed by atoms with Crippen molar-refractivity contribution in [1.29, 1.82) is 0 Å². The first-order chi connectivity index (χ1) is 12.6. The van der Waals surface area contributed by atoms with Gasteiger partial charge in [-0.05, 0) is 38.8 Å². The molecule has 3 aromatic rings. The van der Waals surface area contributed by atoms with E-state index in [-0.39, 0.29) is 6.04 Å². The monoisotopic (exact) mass is 347 g/mol. The summed E-state index contributed by atoms with van der Waals surface area (Å²) >= 11 is 0. The van der Waals surface area contributed by atoms with E-state index < -0.39 is 0 Å². The van der Waals surface area contributed by atoms with Crippen molar-refractivity contribution in [3.05, 3.63) is 59.6 Å². The zero-order valence-electron chi connectivity index (χ0n) is 15.1. The van der Waals surface area contributed by atoms with Gasteiger partial charge in [-0.2, -0.15) is 0 Å². The topological polar surface area (TPSA) is 79.7 Å². The molecule has 1 saturated heterocycles. The number of rotatable bonds is 4. The minimum Gasteiger partial charge on any atom is -0.348 e. The van der Waals surface area contributed by atoms with E-state index in [4.69, 9.17) is 0 Å². The summed E-state index contributed by atoms with van der Waals surface area (Å²) in [7, 11) is 0. The number of hydrogen-bond acceptors (Lipinski definition) is 7. The zero-order chi connectivity index (χ0) is 18.1. The van der Waals surface area contributed by atoms with E-state index >= 15 is 0 Å². The van der Waals surface area contributed by atoms with Crippen molar-refractivity contribution in [1.82, 2.24) is 24.9 Å². The predicted octanol–water partition coefficient (Wildman–Crippen LogP) is 3.28. The lowest BCUT2D eigenvalue weighted by Gasteiger charge is -2.41. The molecule has 7 nitrogen and oxygen atoms in total. The number of nitrogens with one attached hydrogen (secondary N) is 1. The van der Waals surface area contributed by atoms with E-state index in [0.29, 0.717) is 0 Å². The number of aromatic nitrogens is 5. The molecule has 4 rings (SSSR count). The van der Waals surface area contributed by atoms with Gasteiger partial charge in [0, 0.05) is 30.6 Å². The standard InChI is InChI=1S/C19H21N7/c1-12-5-4-7-20-19(12)25-17-10-15(23-14(3)24-17)16-6-8-26(16)18-9-13(2)21-11-22-18/h4-5,7,9-11,16H,6,8H2,1-3H3,(H,20,23,24,25). The molecule has 0 aromatic carbocycles. The van der Waals surface area contributed by atoms with Crippen LogP contribution < -0.4 is 10.2 Å². The summed E-state index contributed by atoms with van der Waals surface area (Å²) in [5, 5.41) is 3.31. The van der Waals surface area contributed by atoms with Crippen LogP contribution in [0.1, 0.15) is 35.2 Å². The summed E-state index contributed by atoms with van der Waals surface area (Å²) in [5.41, 5.74) is 3.04. The van der Waals surface area contributed by atoms with Gasteiger partial charge in [-0.3, -0.25) is 0 Å². The summed E-state index contributed by atoms with van der Waals surface area (Å²) in [6, 6.07) is 8.17. The summed E-state index contributed by atoms with van der Waals surface area (Å²) in [6.07, 6.45) is 4.43. The molecule has 3 aromatic heterocycles. The van der Waals surface area contributed by atoms with E-state index in [0.717, 1.165) is 53.2 Å². The normalized spacial score (nSPS) is 16.3. The average Bonchev–Trinajstić information content (AvgIpc) is 2.55. The van der Waals surface area contributed by atoms with Gasteiger partial charge < -0.3 is 10.2 Å². The number of hydrogen-bond donors (Lipinski definition) is 1. The molecule has 0 amide bonds. The fourth-order valence-corrected chi connectivity index (χ4v) is 3.13. The van der Waals surface area contributed by atoms with E-state index in [2.05, 4.69) is 35.1 Å². The van der Waals surface area contributed by atoms with Gasteiger partial charge in [0.05, 0.1) is 11.7 Å². The first kappa shape index (κ1) is 16.4. The van der Waals surface area contributed by atoms with Crippen LogP contribution in [0, 0.1) is 20.8 Å². The molecule has 0 spiro atoms. The Kier molecular flexibility index (Phi) is 4.20. The van der Waals surface area contributed by atoms with Crippen LogP contribution in [0.15, 0.2) is 36.8 Å². The summed E-state index contributed by atoms with van der Waals surface area (Å²) < 4.78 is 0. The highest BCUT2D eigenvalue weighted by Gasteiger charge is 2.32. The number of aryl methyl sites for hydroxylation is 3. The molecule has 1 fully saturated rings. The van der Waals surface area contributed by atoms with Gasteiger partial charge in [0.1, 0.15) is 29.6 Å². The molecule has 1 aliphatic heterocycles. The lowest BCUT2D eigenvalue weighted by atomic mass is 9.99. The molecule has 1 N–H and O–H groups in total. The van der Waals surface area contributed by atoms with E-state index in [1.54, 1.807) is 12.5 Å². The van der Waals surface area contributed by atoms with Crippen molar-refractivity contribution >= 4 is 17.5 Å². The highest BCUT2D eigenvalue weighted by molar-refractivity contribution is 5.56. The molecule has 1 unspecified atom stereocenters. The van der Waals surface area contributed by atoms with Gasteiger partial charge in [-0.25, -0.2) is 24.9 Å². The highest BCUT2D eigenvalue weighted by atomic mass is 15.3. The molecule has 4 heterocycles. The van der Waals surface area contributed by atoms with Crippen LogP contribution in [-0.2, 0) is 0 Å². The first-order valence-electron chi connectivity index (χ1n) is 8.69. The molecule has 132 valence electrons. The number of pyridine rings is 1. The Hall–Kier alpha value is -3.09. The molecule has 0 radical (unpaired) electrons. The maximum absolute atomic E-state index is 4.66. The van der Waals surface area contributed by atoms with Crippen molar-refractivity contribution in [3.63, 3.8) is 0 Å². The third-order valence-electron chi connectivity index (χ3n) is 4.56. The van der Waals surface area contributed by atoms with Crippen molar-refractivity contribution in [2.24, 2.45) is 0 Å². The smallest absolute Gasteiger partial charge is 0.135 e. The molecule has 26 heavy (non-hydrogen) atoms. The molecule has 0 saturated carbocycles. The molecular formula is C19H21N7. The summed E-state index contributed by atoms with van der Waals surface area (Å²) in [4.78, 5) is 24.4. The van der Waals surface area contributed by atoms with Gasteiger partial charge in [0.15, 0.2) is 0 Å². The molecular weight excluding hydrogens is 326 g/mol. The van der Waals surface area contributed by atoms with E-state index in [1.807, 2.05) is 45.0 Å². The lowest BCUT2D eigenvalue weighted by Crippen LogP contribution is -2.42. The van der Waals surface area contributed by atoms with Crippen molar-refractivity contribution in [2.45, 2.75) is 33.2 Å². The highest BCUT2D eigenvalue weighted by Crippen LogP contribution is 2.36. The molecule has 1 aliphatic rings. The Labute approximate surface area is 152 Å².